The van der Waals surface area contributed by atoms with Crippen molar-refractivity contribution >= 4 is 5.97 Å². The van der Waals surface area contributed by atoms with Crippen molar-refractivity contribution in [3.63, 3.8) is 0 Å². The molecule has 1 heterocycles. The van der Waals surface area contributed by atoms with E-state index in [0.29, 0.717) is 12.2 Å². The van der Waals surface area contributed by atoms with E-state index in [0.717, 1.165) is 54.5 Å². The lowest BCUT2D eigenvalue weighted by Crippen LogP contribution is -2.34. The van der Waals surface area contributed by atoms with Crippen molar-refractivity contribution < 1.29 is 13.9 Å². The van der Waals surface area contributed by atoms with Crippen LogP contribution in [0, 0.1) is 0 Å². The van der Waals surface area contributed by atoms with Crippen LogP contribution in [-0.2, 0) is 11.2 Å². The highest BCUT2D eigenvalue weighted by Crippen LogP contribution is 2.32. The van der Waals surface area contributed by atoms with Gasteiger partial charge in [0.1, 0.15) is 5.75 Å². The molecule has 0 saturated carbocycles. The summed E-state index contributed by atoms with van der Waals surface area (Å²) < 4.78 is 20.1. The summed E-state index contributed by atoms with van der Waals surface area (Å²) in [5.74, 6) is -0.482. The number of aryl methyl sites for hydroxylation is 1. The lowest BCUT2D eigenvalue weighted by Gasteiger charge is -2.18. The quantitative estimate of drug-likeness (QED) is 0.170. The molecule has 0 N–H and O–H groups in total. The summed E-state index contributed by atoms with van der Waals surface area (Å²) in [4.78, 5) is 17.0. The lowest BCUT2D eigenvalue weighted by atomic mass is 9.97. The van der Waals surface area contributed by atoms with Gasteiger partial charge in [0, 0.05) is 11.8 Å². The molecule has 0 fully saturated rings. The van der Waals surface area contributed by atoms with E-state index in [1.165, 1.54) is 12.5 Å². The molecule has 0 aliphatic rings. The fourth-order valence-corrected chi connectivity index (χ4v) is 3.88. The number of rotatable bonds is 11. The number of alkyl halides is 1. The van der Waals surface area contributed by atoms with Crippen molar-refractivity contribution in [2.24, 2.45) is 0 Å². The zero-order chi connectivity index (χ0) is 23.7. The Morgan fingerprint density at radius 2 is 1.64 bits per heavy atom. The lowest BCUT2D eigenvalue weighted by molar-refractivity contribution is -0.147. The van der Waals surface area contributed by atoms with Crippen LogP contribution in [0.25, 0.3) is 22.4 Å². The van der Waals surface area contributed by atoms with Gasteiger partial charge in [0.25, 0.3) is 0 Å². The Labute approximate surface area is 197 Å². The molecule has 0 spiro atoms. The van der Waals surface area contributed by atoms with Crippen molar-refractivity contribution in [2.45, 2.75) is 71.4 Å². The average Bonchev–Trinajstić information content (AvgIpc) is 2.83. The largest absolute Gasteiger partial charge is 0.424 e. The Hall–Kier alpha value is -3.01. The number of benzene rings is 2. The van der Waals surface area contributed by atoms with Crippen LogP contribution in [0.3, 0.4) is 0 Å². The highest BCUT2D eigenvalue weighted by atomic mass is 19.1. The Balaban J connectivity index is 1.72. The maximum atomic E-state index is 14.8. The molecule has 0 bridgehead atoms. The standard InChI is InChI=1S/C29H34FNO2/c1-4-6-7-10-20-29(3,30)28(32)33-24-17-15-23(16-18-24)25-12-8-9-13-26(25)27-19-14-22(11-5-2)21-31-27/h8-9,12-19,21H,4-7,10-11,20H2,1-3H3. The van der Waals surface area contributed by atoms with Gasteiger partial charge in [-0.3, -0.25) is 4.98 Å². The van der Waals surface area contributed by atoms with Gasteiger partial charge in [-0.25, -0.2) is 9.18 Å². The van der Waals surface area contributed by atoms with Crippen LogP contribution in [0.1, 0.15) is 64.9 Å². The summed E-state index contributed by atoms with van der Waals surface area (Å²) in [6, 6.07) is 19.5. The minimum atomic E-state index is -1.98. The highest BCUT2D eigenvalue weighted by Gasteiger charge is 2.34. The Kier molecular flexibility index (Phi) is 8.76. The van der Waals surface area contributed by atoms with E-state index < -0.39 is 11.6 Å². The van der Waals surface area contributed by atoms with Gasteiger partial charge in [-0.1, -0.05) is 82.0 Å². The summed E-state index contributed by atoms with van der Waals surface area (Å²) >= 11 is 0. The first-order valence-corrected chi connectivity index (χ1v) is 12.0. The van der Waals surface area contributed by atoms with Crippen LogP contribution in [-0.4, -0.2) is 16.6 Å². The molecule has 0 amide bonds. The van der Waals surface area contributed by atoms with Gasteiger partial charge >= 0.3 is 5.97 Å². The summed E-state index contributed by atoms with van der Waals surface area (Å²) in [5.41, 5.74) is 3.22. The van der Waals surface area contributed by atoms with Crippen LogP contribution >= 0.6 is 0 Å². The molecule has 0 aliphatic heterocycles. The van der Waals surface area contributed by atoms with Gasteiger partial charge in [0.05, 0.1) is 5.69 Å². The molecule has 2 aromatic carbocycles. The van der Waals surface area contributed by atoms with E-state index in [4.69, 9.17) is 4.74 Å². The third-order valence-electron chi connectivity index (χ3n) is 5.87. The van der Waals surface area contributed by atoms with Crippen molar-refractivity contribution in [2.75, 3.05) is 0 Å². The Bertz CT molecular complexity index is 1030. The van der Waals surface area contributed by atoms with Crippen LogP contribution in [0.4, 0.5) is 4.39 Å². The van der Waals surface area contributed by atoms with Crippen molar-refractivity contribution in [3.05, 3.63) is 72.4 Å². The SMILES string of the molecule is CCCCCCC(C)(F)C(=O)Oc1ccc(-c2ccccc2-c2ccc(CCC)cn2)cc1. The van der Waals surface area contributed by atoms with Crippen molar-refractivity contribution in [1.29, 1.82) is 0 Å². The number of unbranched alkanes of at least 4 members (excludes halogenated alkanes) is 3. The molecular formula is C29H34FNO2. The fraction of sp³-hybridized carbons (Fsp3) is 0.379. The van der Waals surface area contributed by atoms with E-state index in [-0.39, 0.29) is 6.42 Å². The van der Waals surface area contributed by atoms with Gasteiger partial charge in [-0.05, 0) is 61.1 Å². The van der Waals surface area contributed by atoms with E-state index >= 15 is 0 Å². The number of carbonyl (C=O) groups excluding carboxylic acids is 1. The number of hydrogen-bond donors (Lipinski definition) is 0. The topological polar surface area (TPSA) is 39.2 Å². The predicted octanol–water partition coefficient (Wildman–Crippen LogP) is 7.97. The van der Waals surface area contributed by atoms with E-state index in [2.05, 4.69) is 37.0 Å². The normalized spacial score (nSPS) is 12.8. The zero-order valence-corrected chi connectivity index (χ0v) is 19.9. The molecule has 3 nitrogen and oxygen atoms in total. The number of esters is 1. The molecule has 3 rings (SSSR count). The number of ether oxygens (including phenoxy) is 1. The number of nitrogens with zero attached hydrogens (tertiary/aromatic N) is 1. The van der Waals surface area contributed by atoms with Crippen LogP contribution < -0.4 is 4.74 Å². The van der Waals surface area contributed by atoms with Gasteiger partial charge in [-0.2, -0.15) is 0 Å². The molecular weight excluding hydrogens is 413 g/mol. The van der Waals surface area contributed by atoms with E-state index in [9.17, 15) is 9.18 Å². The predicted molar refractivity (Wildman–Crippen MR) is 133 cm³/mol. The van der Waals surface area contributed by atoms with E-state index in [1.54, 1.807) is 12.1 Å². The van der Waals surface area contributed by atoms with Gasteiger partial charge in [0.15, 0.2) is 0 Å². The molecule has 1 atom stereocenters. The molecule has 174 valence electrons. The Morgan fingerprint density at radius 1 is 0.909 bits per heavy atom. The number of aromatic nitrogens is 1. The monoisotopic (exact) mass is 447 g/mol. The summed E-state index contributed by atoms with van der Waals surface area (Å²) in [6.07, 6.45) is 7.96. The average molecular weight is 448 g/mol. The minimum Gasteiger partial charge on any atom is -0.424 e. The molecule has 4 heteroatoms. The first-order chi connectivity index (χ1) is 15.9. The second kappa shape index (κ2) is 11.7. The van der Waals surface area contributed by atoms with E-state index in [1.807, 2.05) is 36.5 Å². The Morgan fingerprint density at radius 3 is 2.27 bits per heavy atom. The first kappa shape index (κ1) is 24.6. The maximum Gasteiger partial charge on any atom is 0.348 e. The fourth-order valence-electron chi connectivity index (χ4n) is 3.88. The summed E-state index contributed by atoms with van der Waals surface area (Å²) in [6.45, 7) is 5.57. The maximum absolute atomic E-state index is 14.8. The molecule has 1 aromatic heterocycles. The molecule has 0 radical (unpaired) electrons. The smallest absolute Gasteiger partial charge is 0.348 e. The van der Waals surface area contributed by atoms with Crippen molar-refractivity contribution in [3.8, 4) is 28.1 Å². The third kappa shape index (κ3) is 6.74. The summed E-state index contributed by atoms with van der Waals surface area (Å²) in [7, 11) is 0. The highest BCUT2D eigenvalue weighted by molar-refractivity contribution is 5.83. The third-order valence-corrected chi connectivity index (χ3v) is 5.87. The van der Waals surface area contributed by atoms with Gasteiger partial charge in [0.2, 0.25) is 5.67 Å². The molecule has 3 aromatic rings. The van der Waals surface area contributed by atoms with Crippen molar-refractivity contribution in [1.82, 2.24) is 4.98 Å². The molecule has 33 heavy (non-hydrogen) atoms. The minimum absolute atomic E-state index is 0.182. The number of carbonyl (C=O) groups is 1. The molecule has 0 aliphatic carbocycles. The second-order valence-corrected chi connectivity index (χ2v) is 8.77. The van der Waals surface area contributed by atoms with Gasteiger partial charge < -0.3 is 4.74 Å². The van der Waals surface area contributed by atoms with Crippen LogP contribution in [0.2, 0.25) is 0 Å². The number of hydrogen-bond acceptors (Lipinski definition) is 3. The van der Waals surface area contributed by atoms with Crippen LogP contribution in [0.15, 0.2) is 66.9 Å². The zero-order valence-electron chi connectivity index (χ0n) is 19.9. The number of halogens is 1. The molecule has 0 saturated heterocycles. The second-order valence-electron chi connectivity index (χ2n) is 8.77. The van der Waals surface area contributed by atoms with Gasteiger partial charge in [-0.15, -0.1) is 0 Å². The van der Waals surface area contributed by atoms with Crippen LogP contribution in [0.5, 0.6) is 5.75 Å². The summed E-state index contributed by atoms with van der Waals surface area (Å²) in [5, 5.41) is 0. The first-order valence-electron chi connectivity index (χ1n) is 12.0. The molecule has 1 unspecified atom stereocenters. The number of pyridine rings is 1.